The number of H-pyrrole nitrogens is 1. The van der Waals surface area contributed by atoms with Gasteiger partial charge in [-0.05, 0) is 6.42 Å². The van der Waals surface area contributed by atoms with Crippen LogP contribution in [-0.4, -0.2) is 32.6 Å². The highest BCUT2D eigenvalue weighted by molar-refractivity contribution is 7.80. The van der Waals surface area contributed by atoms with E-state index in [9.17, 15) is 14.7 Å². The van der Waals surface area contributed by atoms with Gasteiger partial charge in [-0.2, -0.15) is 12.6 Å². The Hall–Kier alpha value is -1.31. The van der Waals surface area contributed by atoms with Crippen molar-refractivity contribution in [2.45, 2.75) is 24.9 Å². The third kappa shape index (κ3) is 2.68. The van der Waals surface area contributed by atoms with Crippen LogP contribution in [0.2, 0.25) is 0 Å². The van der Waals surface area contributed by atoms with Crippen LogP contribution in [0.25, 0.3) is 0 Å². The van der Waals surface area contributed by atoms with Crippen molar-refractivity contribution in [3.63, 3.8) is 0 Å². The zero-order valence-corrected chi connectivity index (χ0v) is 11.1. The lowest BCUT2D eigenvalue weighted by atomic mass is 9.96. The predicted octanol–water partition coefficient (Wildman–Crippen LogP) is -0.0830. The largest absolute Gasteiger partial charge is 0.390 e. The summed E-state index contributed by atoms with van der Waals surface area (Å²) in [4.78, 5) is 25.0. The van der Waals surface area contributed by atoms with Crippen molar-refractivity contribution in [1.29, 1.82) is 0 Å². The van der Waals surface area contributed by atoms with Gasteiger partial charge in [-0.25, -0.2) is 4.79 Å². The molecule has 0 bridgehead atoms. The Morgan fingerprint density at radius 2 is 2.32 bits per heavy atom. The molecule has 4 atom stereocenters. The molecule has 1 aromatic heterocycles. The average molecular weight is 284 g/mol. The van der Waals surface area contributed by atoms with E-state index in [1.165, 1.54) is 16.8 Å². The van der Waals surface area contributed by atoms with Gasteiger partial charge in [0.15, 0.2) is 0 Å². The molecule has 1 aliphatic heterocycles. The molecule has 2 heterocycles. The number of aliphatic hydroxyl groups is 1. The second-order valence-electron chi connectivity index (χ2n) is 4.44. The number of nitrogens with one attached hydrogen (secondary N) is 1. The van der Waals surface area contributed by atoms with E-state index in [2.05, 4.69) is 24.2 Å². The monoisotopic (exact) mass is 284 g/mol. The van der Waals surface area contributed by atoms with E-state index in [1.807, 2.05) is 0 Å². The molecule has 0 aromatic carbocycles. The number of thiol groups is 1. The van der Waals surface area contributed by atoms with Crippen molar-refractivity contribution in [2.24, 2.45) is 5.92 Å². The van der Waals surface area contributed by atoms with E-state index in [0.717, 1.165) is 0 Å². The first-order valence-electron chi connectivity index (χ1n) is 5.95. The van der Waals surface area contributed by atoms with Crippen molar-refractivity contribution in [1.82, 2.24) is 9.55 Å². The SMILES string of the molecule is C=CC[C@@H]1[C@H](O)[C@@H](CS)O[C@H]1n1ccc(=O)[nH]c1=O. The van der Waals surface area contributed by atoms with Crippen molar-refractivity contribution in [3.8, 4) is 0 Å². The van der Waals surface area contributed by atoms with E-state index < -0.39 is 29.7 Å². The summed E-state index contributed by atoms with van der Waals surface area (Å²) in [7, 11) is 0. The number of hydrogen-bond donors (Lipinski definition) is 3. The molecule has 19 heavy (non-hydrogen) atoms. The molecule has 0 aliphatic carbocycles. The van der Waals surface area contributed by atoms with Gasteiger partial charge in [0, 0.05) is 23.9 Å². The predicted molar refractivity (Wildman–Crippen MR) is 73.4 cm³/mol. The van der Waals surface area contributed by atoms with Crippen molar-refractivity contribution < 1.29 is 9.84 Å². The molecule has 104 valence electrons. The van der Waals surface area contributed by atoms with E-state index in [0.29, 0.717) is 12.2 Å². The summed E-state index contributed by atoms with van der Waals surface area (Å²) >= 11 is 4.12. The summed E-state index contributed by atoms with van der Waals surface area (Å²) in [6, 6.07) is 1.25. The first-order chi connectivity index (χ1) is 9.08. The highest BCUT2D eigenvalue weighted by atomic mass is 32.1. The third-order valence-corrected chi connectivity index (χ3v) is 3.60. The molecular formula is C12H16N2O4S. The van der Waals surface area contributed by atoms with Crippen LogP contribution in [0.4, 0.5) is 0 Å². The Labute approximate surface area is 115 Å². The lowest BCUT2D eigenvalue weighted by Gasteiger charge is -2.20. The van der Waals surface area contributed by atoms with Crippen LogP contribution < -0.4 is 11.2 Å². The fraction of sp³-hybridized carbons (Fsp3) is 0.500. The summed E-state index contributed by atoms with van der Waals surface area (Å²) in [5.41, 5.74) is -1.02. The number of allylic oxidation sites excluding steroid dienone is 1. The Morgan fingerprint density at radius 3 is 2.89 bits per heavy atom. The molecule has 0 spiro atoms. The number of aromatic nitrogens is 2. The van der Waals surface area contributed by atoms with Gasteiger partial charge < -0.3 is 9.84 Å². The van der Waals surface area contributed by atoms with Crippen LogP contribution in [0.15, 0.2) is 34.5 Å². The van der Waals surface area contributed by atoms with Gasteiger partial charge in [0.2, 0.25) is 0 Å². The van der Waals surface area contributed by atoms with Crippen LogP contribution >= 0.6 is 12.6 Å². The smallest absolute Gasteiger partial charge is 0.330 e. The molecular weight excluding hydrogens is 268 g/mol. The van der Waals surface area contributed by atoms with Crippen LogP contribution in [0.3, 0.4) is 0 Å². The van der Waals surface area contributed by atoms with Gasteiger partial charge in [-0.1, -0.05) is 6.08 Å². The summed E-state index contributed by atoms with van der Waals surface area (Å²) in [6.07, 6.45) is 1.74. The second-order valence-corrected chi connectivity index (χ2v) is 4.81. The summed E-state index contributed by atoms with van der Waals surface area (Å²) in [5, 5.41) is 10.1. The molecule has 2 N–H and O–H groups in total. The Kier molecular flexibility index (Phi) is 4.28. The summed E-state index contributed by atoms with van der Waals surface area (Å²) in [5.74, 6) is 0.0573. The third-order valence-electron chi connectivity index (χ3n) is 3.24. The quantitative estimate of drug-likeness (QED) is 0.533. The standard InChI is InChI=1S/C12H16N2O4S/c1-2-3-7-10(16)8(6-19)18-11(7)14-5-4-9(15)13-12(14)17/h2,4-5,7-8,10-11,16,19H,1,3,6H2,(H,13,15,17)/t7-,8-,10+,11-/m1/s1. The highest BCUT2D eigenvalue weighted by Crippen LogP contribution is 2.36. The van der Waals surface area contributed by atoms with E-state index in [-0.39, 0.29) is 5.92 Å². The molecule has 6 nitrogen and oxygen atoms in total. The molecule has 2 rings (SSSR count). The number of aliphatic hydroxyl groups excluding tert-OH is 1. The number of ether oxygens (including phenoxy) is 1. The summed E-state index contributed by atoms with van der Waals surface area (Å²) in [6.45, 7) is 3.64. The minimum absolute atomic E-state index is 0.293. The maximum Gasteiger partial charge on any atom is 0.330 e. The van der Waals surface area contributed by atoms with Gasteiger partial charge in [-0.15, -0.1) is 6.58 Å². The molecule has 1 aliphatic rings. The fourth-order valence-corrected chi connectivity index (χ4v) is 2.61. The first-order valence-corrected chi connectivity index (χ1v) is 6.58. The number of hydrogen-bond acceptors (Lipinski definition) is 5. The molecule has 0 amide bonds. The zero-order chi connectivity index (χ0) is 14.0. The van der Waals surface area contributed by atoms with Gasteiger partial charge in [0.05, 0.1) is 12.2 Å². The Bertz CT molecular complexity index is 567. The van der Waals surface area contributed by atoms with Crippen molar-refractivity contribution in [2.75, 3.05) is 5.75 Å². The molecule has 0 saturated carbocycles. The van der Waals surface area contributed by atoms with Gasteiger partial charge in [0.25, 0.3) is 5.56 Å². The number of nitrogens with zero attached hydrogens (tertiary/aromatic N) is 1. The lowest BCUT2D eigenvalue weighted by molar-refractivity contribution is -0.0127. The normalized spacial score (nSPS) is 30.4. The molecule has 0 unspecified atom stereocenters. The van der Waals surface area contributed by atoms with E-state index >= 15 is 0 Å². The lowest BCUT2D eigenvalue weighted by Crippen LogP contribution is -2.34. The van der Waals surface area contributed by atoms with Gasteiger partial charge in [-0.3, -0.25) is 14.3 Å². The Balaban J connectivity index is 2.38. The second kappa shape index (κ2) is 5.77. The molecule has 7 heteroatoms. The molecule has 0 radical (unpaired) electrons. The first kappa shape index (κ1) is 14.1. The minimum atomic E-state index is -0.723. The minimum Gasteiger partial charge on any atom is -0.390 e. The number of aromatic amines is 1. The van der Waals surface area contributed by atoms with Gasteiger partial charge in [0.1, 0.15) is 6.23 Å². The van der Waals surface area contributed by atoms with Crippen molar-refractivity contribution >= 4 is 12.6 Å². The molecule has 1 aromatic rings. The van der Waals surface area contributed by atoms with E-state index in [1.54, 1.807) is 6.08 Å². The molecule has 1 saturated heterocycles. The van der Waals surface area contributed by atoms with Crippen LogP contribution in [0, 0.1) is 5.92 Å². The van der Waals surface area contributed by atoms with Crippen molar-refractivity contribution in [3.05, 3.63) is 45.8 Å². The fourth-order valence-electron chi connectivity index (χ4n) is 2.30. The maximum atomic E-state index is 11.8. The molecule has 1 fully saturated rings. The summed E-state index contributed by atoms with van der Waals surface area (Å²) < 4.78 is 6.94. The topological polar surface area (TPSA) is 84.3 Å². The van der Waals surface area contributed by atoms with E-state index in [4.69, 9.17) is 4.74 Å². The average Bonchev–Trinajstić information content (AvgIpc) is 2.68. The number of rotatable bonds is 4. The zero-order valence-electron chi connectivity index (χ0n) is 10.2. The van der Waals surface area contributed by atoms with Gasteiger partial charge >= 0.3 is 5.69 Å². The highest BCUT2D eigenvalue weighted by Gasteiger charge is 2.43. The van der Waals surface area contributed by atoms with Crippen LogP contribution in [0.5, 0.6) is 0 Å². The maximum absolute atomic E-state index is 11.8. The van der Waals surface area contributed by atoms with Crippen LogP contribution in [-0.2, 0) is 4.74 Å². The Morgan fingerprint density at radius 1 is 1.58 bits per heavy atom. The van der Waals surface area contributed by atoms with Crippen LogP contribution in [0.1, 0.15) is 12.6 Å².